The number of amides is 1. The van der Waals surface area contributed by atoms with E-state index in [9.17, 15) is 4.79 Å². The van der Waals surface area contributed by atoms with E-state index in [2.05, 4.69) is 37.8 Å². The van der Waals surface area contributed by atoms with Crippen LogP contribution >= 0.6 is 0 Å². The SMILES string of the molecule is CCC=CCCC1CC1CN(CC(C)C)C(=O)CC. The van der Waals surface area contributed by atoms with Crippen LogP contribution in [-0.4, -0.2) is 23.9 Å². The van der Waals surface area contributed by atoms with Crippen LogP contribution < -0.4 is 0 Å². The predicted molar refractivity (Wildman–Crippen MR) is 82.0 cm³/mol. The Balaban J connectivity index is 2.29. The van der Waals surface area contributed by atoms with Gasteiger partial charge in [-0.1, -0.05) is 39.8 Å². The molecule has 0 heterocycles. The highest BCUT2D eigenvalue weighted by Crippen LogP contribution is 2.42. The Hall–Kier alpha value is -0.790. The van der Waals surface area contributed by atoms with Crippen LogP contribution in [0.5, 0.6) is 0 Å². The summed E-state index contributed by atoms with van der Waals surface area (Å²) in [7, 11) is 0. The zero-order chi connectivity index (χ0) is 14.3. The Labute approximate surface area is 119 Å². The minimum atomic E-state index is 0.324. The van der Waals surface area contributed by atoms with Gasteiger partial charge in [0.15, 0.2) is 0 Å². The average Bonchev–Trinajstić information content (AvgIpc) is 3.10. The molecule has 1 aliphatic carbocycles. The van der Waals surface area contributed by atoms with Gasteiger partial charge in [-0.05, 0) is 43.4 Å². The molecule has 1 aliphatic rings. The summed E-state index contributed by atoms with van der Waals surface area (Å²) in [5.41, 5.74) is 0. The van der Waals surface area contributed by atoms with Crippen molar-refractivity contribution in [2.75, 3.05) is 13.1 Å². The van der Waals surface area contributed by atoms with E-state index in [4.69, 9.17) is 0 Å². The van der Waals surface area contributed by atoms with Gasteiger partial charge in [0.25, 0.3) is 0 Å². The molecule has 110 valence electrons. The second-order valence-corrected chi connectivity index (χ2v) is 6.26. The number of hydrogen-bond acceptors (Lipinski definition) is 1. The topological polar surface area (TPSA) is 20.3 Å². The smallest absolute Gasteiger partial charge is 0.222 e. The largest absolute Gasteiger partial charge is 0.342 e. The molecule has 0 radical (unpaired) electrons. The molecule has 0 aromatic heterocycles. The highest BCUT2D eigenvalue weighted by Gasteiger charge is 2.37. The van der Waals surface area contributed by atoms with Crippen LogP contribution in [0.25, 0.3) is 0 Å². The monoisotopic (exact) mass is 265 g/mol. The van der Waals surface area contributed by atoms with Crippen molar-refractivity contribution in [3.63, 3.8) is 0 Å². The quantitative estimate of drug-likeness (QED) is 0.570. The van der Waals surface area contributed by atoms with Crippen molar-refractivity contribution < 1.29 is 4.79 Å². The summed E-state index contributed by atoms with van der Waals surface area (Å²) >= 11 is 0. The summed E-state index contributed by atoms with van der Waals surface area (Å²) in [5, 5.41) is 0. The fourth-order valence-electron chi connectivity index (χ4n) is 2.71. The number of nitrogens with zero attached hydrogens (tertiary/aromatic N) is 1. The first kappa shape index (κ1) is 16.3. The number of carbonyl (C=O) groups excluding carboxylic acids is 1. The van der Waals surface area contributed by atoms with Crippen LogP contribution in [0.4, 0.5) is 0 Å². The highest BCUT2D eigenvalue weighted by atomic mass is 16.2. The molecule has 2 unspecified atom stereocenters. The molecule has 1 amide bonds. The average molecular weight is 265 g/mol. The standard InChI is InChI=1S/C17H31NO/c1-5-7-8-9-10-15-11-16(15)13-18(12-14(3)4)17(19)6-2/h7-8,14-16H,5-6,9-13H2,1-4H3. The second kappa shape index (κ2) is 8.39. The molecule has 0 aromatic rings. The van der Waals surface area contributed by atoms with E-state index in [1.165, 1.54) is 19.3 Å². The minimum absolute atomic E-state index is 0.324. The second-order valence-electron chi connectivity index (χ2n) is 6.26. The normalized spacial score (nSPS) is 22.2. The fraction of sp³-hybridized carbons (Fsp3) is 0.824. The summed E-state index contributed by atoms with van der Waals surface area (Å²) in [6.07, 6.45) is 10.2. The van der Waals surface area contributed by atoms with Crippen LogP contribution in [0.3, 0.4) is 0 Å². The summed E-state index contributed by atoms with van der Waals surface area (Å²) in [4.78, 5) is 14.0. The first-order valence-corrected chi connectivity index (χ1v) is 8.01. The lowest BCUT2D eigenvalue weighted by Crippen LogP contribution is -2.35. The minimum Gasteiger partial charge on any atom is -0.342 e. The third kappa shape index (κ3) is 6.26. The van der Waals surface area contributed by atoms with Gasteiger partial charge in [-0.25, -0.2) is 0 Å². The van der Waals surface area contributed by atoms with E-state index in [1.54, 1.807) is 0 Å². The molecule has 1 fully saturated rings. The Morgan fingerprint density at radius 2 is 2.00 bits per heavy atom. The summed E-state index contributed by atoms with van der Waals surface area (Å²) in [6.45, 7) is 10.4. The summed E-state index contributed by atoms with van der Waals surface area (Å²) < 4.78 is 0. The molecule has 2 atom stereocenters. The van der Waals surface area contributed by atoms with Crippen molar-refractivity contribution in [2.45, 2.75) is 59.8 Å². The van der Waals surface area contributed by atoms with E-state index in [-0.39, 0.29) is 0 Å². The Morgan fingerprint density at radius 3 is 2.58 bits per heavy atom. The fourth-order valence-corrected chi connectivity index (χ4v) is 2.71. The van der Waals surface area contributed by atoms with Gasteiger partial charge in [-0.3, -0.25) is 4.79 Å². The van der Waals surface area contributed by atoms with Crippen molar-refractivity contribution in [2.24, 2.45) is 17.8 Å². The Bertz CT molecular complexity index is 296. The lowest BCUT2D eigenvalue weighted by Gasteiger charge is -2.24. The van der Waals surface area contributed by atoms with Gasteiger partial charge in [-0.2, -0.15) is 0 Å². The number of allylic oxidation sites excluding steroid dienone is 2. The molecule has 0 bridgehead atoms. The molecule has 19 heavy (non-hydrogen) atoms. The van der Waals surface area contributed by atoms with Crippen LogP contribution in [0.1, 0.15) is 59.8 Å². The predicted octanol–water partition coefficient (Wildman–Crippen LogP) is 4.26. The maximum Gasteiger partial charge on any atom is 0.222 e. The van der Waals surface area contributed by atoms with E-state index in [0.717, 1.165) is 31.3 Å². The number of carbonyl (C=O) groups is 1. The summed E-state index contributed by atoms with van der Waals surface area (Å²) in [5.74, 6) is 2.52. The highest BCUT2D eigenvalue weighted by molar-refractivity contribution is 5.75. The van der Waals surface area contributed by atoms with Crippen LogP contribution in [0.15, 0.2) is 12.2 Å². The maximum atomic E-state index is 11.9. The zero-order valence-electron chi connectivity index (χ0n) is 13.2. The summed E-state index contributed by atoms with van der Waals surface area (Å²) in [6, 6.07) is 0. The molecule has 1 rings (SSSR count). The van der Waals surface area contributed by atoms with Gasteiger partial charge in [0, 0.05) is 19.5 Å². The van der Waals surface area contributed by atoms with Gasteiger partial charge < -0.3 is 4.90 Å². The molecule has 0 N–H and O–H groups in total. The first-order chi connectivity index (χ1) is 9.08. The van der Waals surface area contributed by atoms with Crippen LogP contribution in [-0.2, 0) is 4.79 Å². The number of rotatable bonds is 9. The van der Waals surface area contributed by atoms with Crippen molar-refractivity contribution in [1.29, 1.82) is 0 Å². The van der Waals surface area contributed by atoms with Crippen molar-refractivity contribution in [1.82, 2.24) is 4.90 Å². The lowest BCUT2D eigenvalue weighted by atomic mass is 10.1. The van der Waals surface area contributed by atoms with E-state index in [0.29, 0.717) is 18.2 Å². The van der Waals surface area contributed by atoms with Gasteiger partial charge in [0.1, 0.15) is 0 Å². The molecule has 2 heteroatoms. The van der Waals surface area contributed by atoms with E-state index >= 15 is 0 Å². The van der Waals surface area contributed by atoms with E-state index in [1.807, 2.05) is 6.92 Å². The molecular formula is C17H31NO. The van der Waals surface area contributed by atoms with Gasteiger partial charge in [0.2, 0.25) is 5.91 Å². The van der Waals surface area contributed by atoms with Crippen LogP contribution in [0.2, 0.25) is 0 Å². The first-order valence-electron chi connectivity index (χ1n) is 8.01. The number of hydrogen-bond donors (Lipinski definition) is 0. The Morgan fingerprint density at radius 1 is 1.26 bits per heavy atom. The van der Waals surface area contributed by atoms with E-state index < -0.39 is 0 Å². The molecule has 0 spiro atoms. The zero-order valence-corrected chi connectivity index (χ0v) is 13.2. The molecular weight excluding hydrogens is 234 g/mol. The molecule has 0 aliphatic heterocycles. The molecule has 2 nitrogen and oxygen atoms in total. The van der Waals surface area contributed by atoms with Gasteiger partial charge >= 0.3 is 0 Å². The van der Waals surface area contributed by atoms with Crippen molar-refractivity contribution in [3.05, 3.63) is 12.2 Å². The third-order valence-corrected chi connectivity index (χ3v) is 3.87. The third-order valence-electron chi connectivity index (χ3n) is 3.87. The molecule has 0 saturated heterocycles. The van der Waals surface area contributed by atoms with Crippen molar-refractivity contribution >= 4 is 5.91 Å². The van der Waals surface area contributed by atoms with Crippen LogP contribution in [0, 0.1) is 17.8 Å². The van der Waals surface area contributed by atoms with Crippen molar-refractivity contribution in [3.8, 4) is 0 Å². The molecule has 0 aromatic carbocycles. The van der Waals surface area contributed by atoms with Gasteiger partial charge in [-0.15, -0.1) is 0 Å². The maximum absolute atomic E-state index is 11.9. The Kier molecular flexibility index (Phi) is 7.19. The van der Waals surface area contributed by atoms with Gasteiger partial charge in [0.05, 0.1) is 0 Å². The lowest BCUT2D eigenvalue weighted by molar-refractivity contribution is -0.131. The molecule has 1 saturated carbocycles.